The summed E-state index contributed by atoms with van der Waals surface area (Å²) < 4.78 is 0. The van der Waals surface area contributed by atoms with Gasteiger partial charge >= 0.3 is 0 Å². The molecule has 2 heterocycles. The fraction of sp³-hybridized carbons (Fsp3) is 0.286. The first-order valence-corrected chi connectivity index (χ1v) is 11.7. The number of aromatic nitrogens is 2. The molecule has 0 aliphatic carbocycles. The van der Waals surface area contributed by atoms with Gasteiger partial charge in [-0.25, -0.2) is 9.97 Å². The number of rotatable bonds is 7. The molecule has 168 valence electrons. The molecule has 0 unspecified atom stereocenters. The Labute approximate surface area is 195 Å². The number of benzene rings is 3. The van der Waals surface area contributed by atoms with Crippen molar-refractivity contribution in [3.8, 4) is 11.4 Å². The maximum Gasteiger partial charge on any atom is 0.159 e. The molecule has 5 nitrogen and oxygen atoms in total. The molecule has 0 radical (unpaired) electrons. The van der Waals surface area contributed by atoms with Gasteiger partial charge in [-0.1, -0.05) is 72.8 Å². The van der Waals surface area contributed by atoms with Crippen LogP contribution in [0, 0.1) is 0 Å². The molecule has 1 fully saturated rings. The average Bonchev–Trinajstić information content (AvgIpc) is 2.87. The molecule has 1 atom stereocenters. The summed E-state index contributed by atoms with van der Waals surface area (Å²) in [5.41, 5.74) is 3.52. The quantitative estimate of drug-likeness (QED) is 0.465. The van der Waals surface area contributed by atoms with Crippen molar-refractivity contribution in [1.29, 1.82) is 0 Å². The zero-order valence-corrected chi connectivity index (χ0v) is 18.8. The summed E-state index contributed by atoms with van der Waals surface area (Å²) in [4.78, 5) is 14.4. The lowest BCUT2D eigenvalue weighted by Crippen LogP contribution is -2.52. The Bertz CT molecular complexity index is 1170. The van der Waals surface area contributed by atoms with Gasteiger partial charge in [0.25, 0.3) is 0 Å². The van der Waals surface area contributed by atoms with E-state index in [0.29, 0.717) is 6.04 Å². The molecule has 1 aliphatic heterocycles. The van der Waals surface area contributed by atoms with Crippen LogP contribution in [0.25, 0.3) is 22.2 Å². The van der Waals surface area contributed by atoms with Gasteiger partial charge < -0.3 is 5.11 Å². The highest BCUT2D eigenvalue weighted by atomic mass is 16.3. The summed E-state index contributed by atoms with van der Waals surface area (Å²) in [7, 11) is 0. The van der Waals surface area contributed by atoms with Gasteiger partial charge in [0.2, 0.25) is 0 Å². The van der Waals surface area contributed by atoms with E-state index < -0.39 is 0 Å². The van der Waals surface area contributed by atoms with Crippen molar-refractivity contribution in [3.05, 3.63) is 96.3 Å². The predicted molar refractivity (Wildman–Crippen MR) is 133 cm³/mol. The third-order valence-corrected chi connectivity index (χ3v) is 6.52. The van der Waals surface area contributed by atoms with E-state index in [4.69, 9.17) is 9.97 Å². The second-order valence-corrected chi connectivity index (χ2v) is 8.80. The van der Waals surface area contributed by atoms with E-state index in [9.17, 15) is 5.11 Å². The van der Waals surface area contributed by atoms with Crippen LogP contribution in [0.5, 0.6) is 0 Å². The molecule has 0 amide bonds. The van der Waals surface area contributed by atoms with E-state index in [-0.39, 0.29) is 6.61 Å². The van der Waals surface area contributed by atoms with Gasteiger partial charge in [0.1, 0.15) is 0 Å². The summed E-state index contributed by atoms with van der Waals surface area (Å²) in [6.45, 7) is 4.92. The Morgan fingerprint density at radius 1 is 0.788 bits per heavy atom. The lowest BCUT2D eigenvalue weighted by molar-refractivity contribution is 0.0499. The van der Waals surface area contributed by atoms with Crippen LogP contribution in [-0.2, 0) is 13.1 Å². The van der Waals surface area contributed by atoms with Crippen molar-refractivity contribution < 1.29 is 5.11 Å². The molecule has 1 saturated heterocycles. The van der Waals surface area contributed by atoms with Gasteiger partial charge in [0.05, 0.1) is 0 Å². The second-order valence-electron chi connectivity index (χ2n) is 8.80. The van der Waals surface area contributed by atoms with Crippen LogP contribution in [0.1, 0.15) is 17.5 Å². The lowest BCUT2D eigenvalue weighted by Gasteiger charge is -2.41. The van der Waals surface area contributed by atoms with E-state index >= 15 is 0 Å². The summed E-state index contributed by atoms with van der Waals surface area (Å²) in [6, 6.07) is 25.6. The van der Waals surface area contributed by atoms with E-state index in [1.165, 1.54) is 16.3 Å². The Balaban J connectivity index is 1.26. The Hall–Kier alpha value is -3.12. The van der Waals surface area contributed by atoms with Crippen LogP contribution in [0.4, 0.5) is 0 Å². The van der Waals surface area contributed by atoms with E-state index in [2.05, 4.69) is 82.6 Å². The maximum absolute atomic E-state index is 9.63. The van der Waals surface area contributed by atoms with Gasteiger partial charge in [-0.05, 0) is 22.8 Å². The third kappa shape index (κ3) is 5.11. The Morgan fingerprint density at radius 2 is 1.55 bits per heavy atom. The first-order chi connectivity index (χ1) is 16.3. The van der Waals surface area contributed by atoms with Gasteiger partial charge in [0, 0.05) is 68.9 Å². The van der Waals surface area contributed by atoms with Gasteiger partial charge in [-0.15, -0.1) is 0 Å². The molecule has 33 heavy (non-hydrogen) atoms. The normalized spacial score (nSPS) is 17.4. The number of hydrogen-bond donors (Lipinski definition) is 1. The van der Waals surface area contributed by atoms with Crippen LogP contribution in [-0.4, -0.2) is 57.2 Å². The number of aliphatic hydroxyl groups is 1. The SMILES string of the molecule is OCC[C@H]1CN(Cc2cnc(-c3cccc4ccccc34)nc2)CCN1Cc1ccccc1. The van der Waals surface area contributed by atoms with Crippen molar-refractivity contribution in [2.24, 2.45) is 0 Å². The van der Waals surface area contributed by atoms with Crippen molar-refractivity contribution in [1.82, 2.24) is 19.8 Å². The summed E-state index contributed by atoms with van der Waals surface area (Å²) >= 11 is 0. The van der Waals surface area contributed by atoms with Crippen LogP contribution in [0.15, 0.2) is 85.2 Å². The maximum atomic E-state index is 9.63. The number of fused-ring (bicyclic) bond motifs is 1. The first kappa shape index (κ1) is 21.7. The smallest absolute Gasteiger partial charge is 0.159 e. The standard InChI is InChI=1S/C28H30N4O/c33-16-13-25-21-31(14-15-32(25)20-22-7-2-1-3-8-22)19-23-17-29-28(30-18-23)27-12-6-10-24-9-4-5-11-26(24)27/h1-12,17-18,25,33H,13-16,19-21H2/t25-/m0/s1. The molecule has 0 saturated carbocycles. The molecule has 5 heteroatoms. The van der Waals surface area contributed by atoms with Crippen molar-refractivity contribution >= 4 is 10.8 Å². The molecule has 4 aromatic rings. The minimum Gasteiger partial charge on any atom is -0.396 e. The van der Waals surface area contributed by atoms with Crippen molar-refractivity contribution in [2.45, 2.75) is 25.6 Å². The molecular weight excluding hydrogens is 408 g/mol. The highest BCUT2D eigenvalue weighted by Gasteiger charge is 2.26. The molecule has 0 bridgehead atoms. The summed E-state index contributed by atoms with van der Waals surface area (Å²) in [5.74, 6) is 0.765. The Morgan fingerprint density at radius 3 is 2.36 bits per heavy atom. The van der Waals surface area contributed by atoms with Gasteiger partial charge in [-0.2, -0.15) is 0 Å². The monoisotopic (exact) mass is 438 g/mol. The summed E-state index contributed by atoms with van der Waals surface area (Å²) in [5, 5.41) is 12.0. The lowest BCUT2D eigenvalue weighted by atomic mass is 10.0. The molecule has 1 N–H and O–H groups in total. The highest BCUT2D eigenvalue weighted by Crippen LogP contribution is 2.26. The second kappa shape index (κ2) is 10.2. The topological polar surface area (TPSA) is 52.5 Å². The number of hydrogen-bond acceptors (Lipinski definition) is 5. The van der Waals surface area contributed by atoms with E-state index in [0.717, 1.165) is 56.1 Å². The average molecular weight is 439 g/mol. The Kier molecular flexibility index (Phi) is 6.72. The largest absolute Gasteiger partial charge is 0.396 e. The number of nitrogens with zero attached hydrogens (tertiary/aromatic N) is 4. The fourth-order valence-corrected chi connectivity index (χ4v) is 4.80. The molecule has 3 aromatic carbocycles. The zero-order chi connectivity index (χ0) is 22.5. The van der Waals surface area contributed by atoms with Crippen molar-refractivity contribution in [3.63, 3.8) is 0 Å². The molecule has 5 rings (SSSR count). The number of aliphatic hydroxyl groups excluding tert-OH is 1. The van der Waals surface area contributed by atoms with E-state index in [1.807, 2.05) is 12.4 Å². The first-order valence-electron chi connectivity index (χ1n) is 11.7. The predicted octanol–water partition coefficient (Wildman–Crippen LogP) is 4.37. The van der Waals surface area contributed by atoms with Gasteiger partial charge in [0.15, 0.2) is 5.82 Å². The van der Waals surface area contributed by atoms with Crippen LogP contribution in [0.3, 0.4) is 0 Å². The third-order valence-electron chi connectivity index (χ3n) is 6.52. The van der Waals surface area contributed by atoms with Crippen LogP contribution in [0.2, 0.25) is 0 Å². The molecule has 1 aliphatic rings. The minimum atomic E-state index is 0.215. The highest BCUT2D eigenvalue weighted by molar-refractivity contribution is 5.94. The summed E-state index contributed by atoms with van der Waals surface area (Å²) in [6.07, 6.45) is 4.71. The number of piperazine rings is 1. The van der Waals surface area contributed by atoms with Gasteiger partial charge in [-0.3, -0.25) is 9.80 Å². The fourth-order valence-electron chi connectivity index (χ4n) is 4.80. The van der Waals surface area contributed by atoms with Crippen LogP contribution >= 0.6 is 0 Å². The zero-order valence-electron chi connectivity index (χ0n) is 18.8. The molecule has 0 spiro atoms. The molecular formula is C28H30N4O. The van der Waals surface area contributed by atoms with Crippen molar-refractivity contribution in [2.75, 3.05) is 26.2 Å². The van der Waals surface area contributed by atoms with Crippen LogP contribution < -0.4 is 0 Å². The molecule has 1 aromatic heterocycles. The van der Waals surface area contributed by atoms with E-state index in [1.54, 1.807) is 0 Å². The minimum absolute atomic E-state index is 0.215.